The third kappa shape index (κ3) is 3.69. The normalized spacial score (nSPS) is 20.7. The molecule has 1 heterocycles. The van der Waals surface area contributed by atoms with Crippen molar-refractivity contribution in [3.05, 3.63) is 33.0 Å². The first-order valence-corrected chi connectivity index (χ1v) is 7.75. The van der Waals surface area contributed by atoms with Crippen LogP contribution < -0.4 is 5.32 Å². The zero-order valence-electron chi connectivity index (χ0n) is 10.9. The summed E-state index contributed by atoms with van der Waals surface area (Å²) in [5, 5.41) is 3.50. The van der Waals surface area contributed by atoms with Crippen molar-refractivity contribution in [2.24, 2.45) is 5.92 Å². The molecule has 1 aliphatic heterocycles. The molecular formula is C14H18BrClFNO. The summed E-state index contributed by atoms with van der Waals surface area (Å²) in [5.74, 6) is 0.159. The molecule has 1 aromatic carbocycles. The Bertz CT molecular complexity index is 438. The third-order valence-corrected chi connectivity index (χ3v) is 4.74. The van der Waals surface area contributed by atoms with E-state index in [0.29, 0.717) is 16.0 Å². The lowest BCUT2D eigenvalue weighted by Gasteiger charge is -2.22. The molecule has 1 aliphatic rings. The molecule has 0 bridgehead atoms. The third-order valence-electron chi connectivity index (χ3n) is 3.48. The lowest BCUT2D eigenvalue weighted by molar-refractivity contribution is 0.181. The number of rotatable bonds is 5. The van der Waals surface area contributed by atoms with Gasteiger partial charge in [0.05, 0.1) is 5.02 Å². The van der Waals surface area contributed by atoms with E-state index in [1.165, 1.54) is 0 Å². The SMILES string of the molecule is CCNC(CC1CCOC1)c1ccc(Br)c(Cl)c1F. The van der Waals surface area contributed by atoms with Gasteiger partial charge in [-0.3, -0.25) is 0 Å². The summed E-state index contributed by atoms with van der Waals surface area (Å²) in [6, 6.07) is 3.59. The summed E-state index contributed by atoms with van der Waals surface area (Å²) >= 11 is 9.21. The zero-order valence-corrected chi connectivity index (χ0v) is 13.2. The first kappa shape index (κ1) is 15.2. The summed E-state index contributed by atoms with van der Waals surface area (Å²) in [6.07, 6.45) is 1.93. The van der Waals surface area contributed by atoms with Gasteiger partial charge in [-0.1, -0.05) is 24.6 Å². The topological polar surface area (TPSA) is 21.3 Å². The number of hydrogen-bond donors (Lipinski definition) is 1. The summed E-state index contributed by atoms with van der Waals surface area (Å²) in [4.78, 5) is 0. The molecule has 106 valence electrons. The fourth-order valence-corrected chi connectivity index (χ4v) is 2.96. The van der Waals surface area contributed by atoms with Crippen LogP contribution in [0.25, 0.3) is 0 Å². The van der Waals surface area contributed by atoms with E-state index in [0.717, 1.165) is 32.6 Å². The van der Waals surface area contributed by atoms with Crippen LogP contribution in [-0.2, 0) is 4.74 Å². The molecular weight excluding hydrogens is 333 g/mol. The van der Waals surface area contributed by atoms with Gasteiger partial charge in [0.25, 0.3) is 0 Å². The molecule has 5 heteroatoms. The highest BCUT2D eigenvalue weighted by Crippen LogP contribution is 2.33. The van der Waals surface area contributed by atoms with Crippen molar-refractivity contribution < 1.29 is 9.13 Å². The zero-order chi connectivity index (χ0) is 13.8. The van der Waals surface area contributed by atoms with Crippen molar-refractivity contribution in [3.8, 4) is 0 Å². The second-order valence-corrected chi connectivity index (χ2v) is 6.07. The smallest absolute Gasteiger partial charge is 0.147 e. The van der Waals surface area contributed by atoms with Gasteiger partial charge in [0.2, 0.25) is 0 Å². The van der Waals surface area contributed by atoms with Gasteiger partial charge in [-0.2, -0.15) is 0 Å². The number of nitrogens with one attached hydrogen (secondary N) is 1. The van der Waals surface area contributed by atoms with E-state index in [9.17, 15) is 4.39 Å². The van der Waals surface area contributed by atoms with E-state index in [4.69, 9.17) is 16.3 Å². The number of halogens is 3. The van der Waals surface area contributed by atoms with Crippen molar-refractivity contribution in [2.45, 2.75) is 25.8 Å². The van der Waals surface area contributed by atoms with Crippen LogP contribution in [0.4, 0.5) is 4.39 Å². The highest BCUT2D eigenvalue weighted by atomic mass is 79.9. The van der Waals surface area contributed by atoms with Crippen LogP contribution in [0.5, 0.6) is 0 Å². The molecule has 0 aromatic heterocycles. The minimum Gasteiger partial charge on any atom is -0.381 e. The average Bonchev–Trinajstić information content (AvgIpc) is 2.89. The molecule has 0 amide bonds. The highest BCUT2D eigenvalue weighted by molar-refractivity contribution is 9.10. The molecule has 1 N–H and O–H groups in total. The molecule has 0 aliphatic carbocycles. The van der Waals surface area contributed by atoms with Crippen LogP contribution in [0.15, 0.2) is 16.6 Å². The van der Waals surface area contributed by atoms with Gasteiger partial charge >= 0.3 is 0 Å². The molecule has 1 fully saturated rings. The Morgan fingerprint density at radius 3 is 3.00 bits per heavy atom. The van der Waals surface area contributed by atoms with Crippen molar-refractivity contribution in [2.75, 3.05) is 19.8 Å². The Labute approximate surface area is 126 Å². The Morgan fingerprint density at radius 2 is 2.37 bits per heavy atom. The first-order valence-electron chi connectivity index (χ1n) is 6.58. The molecule has 0 saturated carbocycles. The minimum atomic E-state index is -0.332. The minimum absolute atomic E-state index is 0.0118. The largest absolute Gasteiger partial charge is 0.381 e. The maximum absolute atomic E-state index is 14.3. The van der Waals surface area contributed by atoms with E-state index in [1.807, 2.05) is 6.92 Å². The molecule has 1 saturated heterocycles. The van der Waals surface area contributed by atoms with Crippen molar-refractivity contribution in [3.63, 3.8) is 0 Å². The van der Waals surface area contributed by atoms with Crippen LogP contribution in [0.2, 0.25) is 5.02 Å². The second kappa shape index (κ2) is 7.02. The summed E-state index contributed by atoms with van der Waals surface area (Å²) < 4.78 is 20.3. The van der Waals surface area contributed by atoms with Crippen LogP contribution >= 0.6 is 27.5 Å². The van der Waals surface area contributed by atoms with Crippen LogP contribution in [0.3, 0.4) is 0 Å². The Morgan fingerprint density at radius 1 is 1.58 bits per heavy atom. The fourth-order valence-electron chi connectivity index (χ4n) is 2.48. The van der Waals surface area contributed by atoms with Crippen molar-refractivity contribution in [1.82, 2.24) is 5.32 Å². The Kier molecular flexibility index (Phi) is 5.63. The summed E-state index contributed by atoms with van der Waals surface area (Å²) in [6.45, 7) is 4.41. The average molecular weight is 351 g/mol. The molecule has 0 radical (unpaired) electrons. The van der Waals surface area contributed by atoms with Crippen molar-refractivity contribution >= 4 is 27.5 Å². The van der Waals surface area contributed by atoms with Gasteiger partial charge < -0.3 is 10.1 Å². The van der Waals surface area contributed by atoms with E-state index < -0.39 is 0 Å². The van der Waals surface area contributed by atoms with Crippen LogP contribution in [0.1, 0.15) is 31.4 Å². The second-order valence-electron chi connectivity index (χ2n) is 4.84. The van der Waals surface area contributed by atoms with E-state index in [-0.39, 0.29) is 16.9 Å². The maximum Gasteiger partial charge on any atom is 0.147 e. The maximum atomic E-state index is 14.3. The number of benzene rings is 1. The Hall–Kier alpha value is -0.160. The molecule has 1 aromatic rings. The molecule has 2 nitrogen and oxygen atoms in total. The summed E-state index contributed by atoms with van der Waals surface area (Å²) in [7, 11) is 0. The first-order chi connectivity index (χ1) is 9.13. The Balaban J connectivity index is 2.20. The lowest BCUT2D eigenvalue weighted by atomic mass is 9.94. The van der Waals surface area contributed by atoms with E-state index >= 15 is 0 Å². The monoisotopic (exact) mass is 349 g/mol. The van der Waals surface area contributed by atoms with Gasteiger partial charge in [0.1, 0.15) is 5.82 Å². The highest BCUT2D eigenvalue weighted by Gasteiger charge is 2.24. The summed E-state index contributed by atoms with van der Waals surface area (Å²) in [5.41, 5.74) is 0.641. The lowest BCUT2D eigenvalue weighted by Crippen LogP contribution is -2.24. The predicted molar refractivity (Wildman–Crippen MR) is 79.1 cm³/mol. The molecule has 19 heavy (non-hydrogen) atoms. The molecule has 0 spiro atoms. The molecule has 2 atom stereocenters. The van der Waals surface area contributed by atoms with Crippen molar-refractivity contribution in [1.29, 1.82) is 0 Å². The van der Waals surface area contributed by atoms with Gasteiger partial charge in [-0.25, -0.2) is 4.39 Å². The fraction of sp³-hybridized carbons (Fsp3) is 0.571. The van der Waals surface area contributed by atoms with Gasteiger partial charge in [-0.05, 0) is 47.3 Å². The van der Waals surface area contributed by atoms with Gasteiger partial charge in [-0.15, -0.1) is 0 Å². The van der Waals surface area contributed by atoms with Crippen LogP contribution in [0, 0.1) is 11.7 Å². The van der Waals surface area contributed by atoms with Crippen LogP contribution in [-0.4, -0.2) is 19.8 Å². The van der Waals surface area contributed by atoms with Gasteiger partial charge in [0.15, 0.2) is 0 Å². The van der Waals surface area contributed by atoms with E-state index in [1.54, 1.807) is 12.1 Å². The molecule has 2 rings (SSSR count). The van der Waals surface area contributed by atoms with Gasteiger partial charge in [0, 0.05) is 29.3 Å². The quantitative estimate of drug-likeness (QED) is 0.799. The number of hydrogen-bond acceptors (Lipinski definition) is 2. The predicted octanol–water partition coefficient (Wildman–Crippen LogP) is 4.32. The van der Waals surface area contributed by atoms with E-state index in [2.05, 4.69) is 21.2 Å². The number of ether oxygens (including phenoxy) is 1. The standard InChI is InChI=1S/C14H18BrClFNO/c1-2-18-12(7-9-5-6-19-8-9)10-3-4-11(15)13(16)14(10)17/h3-4,9,12,18H,2,5-8H2,1H3. The molecule has 2 unspecified atom stereocenters.